The van der Waals surface area contributed by atoms with Crippen molar-refractivity contribution in [3.63, 3.8) is 0 Å². The lowest BCUT2D eigenvalue weighted by Crippen LogP contribution is -2.28. The maximum Gasteiger partial charge on any atom is 0.341 e. The van der Waals surface area contributed by atoms with Gasteiger partial charge < -0.3 is 15.2 Å². The van der Waals surface area contributed by atoms with E-state index in [4.69, 9.17) is 15.2 Å². The van der Waals surface area contributed by atoms with E-state index in [2.05, 4.69) is 15.0 Å². The summed E-state index contributed by atoms with van der Waals surface area (Å²) in [5, 5.41) is 0.936. The van der Waals surface area contributed by atoms with Gasteiger partial charge in [0.05, 0.1) is 36.6 Å². The third-order valence-electron chi connectivity index (χ3n) is 3.94. The number of hydrogen-bond acceptors (Lipinski definition) is 7. The van der Waals surface area contributed by atoms with Crippen molar-refractivity contribution in [1.82, 2.24) is 9.97 Å². The van der Waals surface area contributed by atoms with Crippen LogP contribution in [-0.2, 0) is 20.8 Å². The topological polar surface area (TPSA) is 99.7 Å². The van der Waals surface area contributed by atoms with Crippen LogP contribution in [0.5, 0.6) is 0 Å². The second-order valence-electron chi connectivity index (χ2n) is 7.25. The van der Waals surface area contributed by atoms with Crippen LogP contribution >= 0.6 is 0 Å². The first-order chi connectivity index (χ1) is 13.2. The number of aliphatic imine (C=N–C) groups is 1. The monoisotopic (exact) mass is 384 g/mol. The van der Waals surface area contributed by atoms with Crippen LogP contribution in [0.4, 0.5) is 0 Å². The quantitative estimate of drug-likeness (QED) is 0.447. The number of aromatic nitrogens is 2. The third kappa shape index (κ3) is 5.85. The molecule has 2 aromatic rings. The number of ether oxygens (including phenoxy) is 2. The summed E-state index contributed by atoms with van der Waals surface area (Å²) in [6.07, 6.45) is 2.93. The SMILES string of the molecule is CCOC(=O)C(=CN)C(COC(C)(C)C)=NCc1cc2cccnc2nc1C. The van der Waals surface area contributed by atoms with Crippen molar-refractivity contribution < 1.29 is 14.3 Å². The summed E-state index contributed by atoms with van der Waals surface area (Å²) < 4.78 is 10.9. The lowest BCUT2D eigenvalue weighted by Gasteiger charge is -2.21. The van der Waals surface area contributed by atoms with Gasteiger partial charge in [0.15, 0.2) is 5.65 Å². The Morgan fingerprint density at radius 3 is 2.75 bits per heavy atom. The van der Waals surface area contributed by atoms with Gasteiger partial charge in [-0.25, -0.2) is 14.8 Å². The molecular weight excluding hydrogens is 356 g/mol. The first kappa shape index (κ1) is 21.5. The Bertz CT molecular complexity index is 898. The van der Waals surface area contributed by atoms with E-state index < -0.39 is 5.97 Å². The van der Waals surface area contributed by atoms with Crippen LogP contribution in [0.3, 0.4) is 0 Å². The second kappa shape index (κ2) is 9.41. The third-order valence-corrected chi connectivity index (χ3v) is 3.94. The number of pyridine rings is 2. The highest BCUT2D eigenvalue weighted by Gasteiger charge is 2.20. The van der Waals surface area contributed by atoms with Gasteiger partial charge in [-0.3, -0.25) is 4.99 Å². The maximum atomic E-state index is 12.3. The zero-order chi connectivity index (χ0) is 20.7. The lowest BCUT2D eigenvalue weighted by atomic mass is 10.1. The van der Waals surface area contributed by atoms with E-state index in [9.17, 15) is 4.79 Å². The molecule has 0 amide bonds. The fourth-order valence-electron chi connectivity index (χ4n) is 2.46. The highest BCUT2D eigenvalue weighted by atomic mass is 16.5. The molecule has 28 heavy (non-hydrogen) atoms. The second-order valence-corrected chi connectivity index (χ2v) is 7.25. The standard InChI is InChI=1S/C21H28N4O3/c1-6-27-20(26)17(11-22)18(13-28-21(3,4)5)24-12-16-10-15-8-7-9-23-19(15)25-14(16)2/h7-11H,6,12-13,22H2,1-5H3. The van der Waals surface area contributed by atoms with Crippen molar-refractivity contribution in [2.45, 2.75) is 46.8 Å². The molecule has 0 aromatic carbocycles. The summed E-state index contributed by atoms with van der Waals surface area (Å²) in [6, 6.07) is 5.83. The molecule has 0 atom stereocenters. The fraction of sp³-hybridized carbons (Fsp3) is 0.429. The Morgan fingerprint density at radius 2 is 2.11 bits per heavy atom. The number of fused-ring (bicyclic) bond motifs is 1. The van der Waals surface area contributed by atoms with Gasteiger partial charge >= 0.3 is 5.97 Å². The van der Waals surface area contributed by atoms with Crippen molar-refractivity contribution in [2.24, 2.45) is 10.7 Å². The minimum Gasteiger partial charge on any atom is -0.462 e. The highest BCUT2D eigenvalue weighted by Crippen LogP contribution is 2.16. The molecule has 0 saturated carbocycles. The van der Waals surface area contributed by atoms with Gasteiger partial charge in [0, 0.05) is 23.5 Å². The van der Waals surface area contributed by atoms with Crippen LogP contribution in [0.1, 0.15) is 39.0 Å². The molecule has 2 heterocycles. The Balaban J connectivity index is 2.35. The first-order valence-corrected chi connectivity index (χ1v) is 9.23. The summed E-state index contributed by atoms with van der Waals surface area (Å²) >= 11 is 0. The van der Waals surface area contributed by atoms with E-state index in [0.29, 0.717) is 17.9 Å². The van der Waals surface area contributed by atoms with Crippen molar-refractivity contribution >= 4 is 22.7 Å². The largest absolute Gasteiger partial charge is 0.462 e. The zero-order valence-electron chi connectivity index (χ0n) is 17.2. The number of esters is 1. The maximum absolute atomic E-state index is 12.3. The molecule has 7 heteroatoms. The number of nitrogens with two attached hydrogens (primary N) is 1. The lowest BCUT2D eigenvalue weighted by molar-refractivity contribution is -0.137. The number of rotatable bonds is 7. The Hall–Kier alpha value is -2.80. The van der Waals surface area contributed by atoms with Gasteiger partial charge in [0.2, 0.25) is 0 Å². The van der Waals surface area contributed by atoms with E-state index in [0.717, 1.165) is 16.6 Å². The number of nitrogens with zero attached hydrogens (tertiary/aromatic N) is 3. The summed E-state index contributed by atoms with van der Waals surface area (Å²) in [6.45, 7) is 10.2. The summed E-state index contributed by atoms with van der Waals surface area (Å²) in [5.41, 5.74) is 8.43. The number of carbonyl (C=O) groups is 1. The molecule has 0 fully saturated rings. The van der Waals surface area contributed by atoms with E-state index in [1.807, 2.05) is 45.9 Å². The Morgan fingerprint density at radius 1 is 1.36 bits per heavy atom. The van der Waals surface area contributed by atoms with Crippen LogP contribution in [0.25, 0.3) is 11.0 Å². The average molecular weight is 384 g/mol. The summed E-state index contributed by atoms with van der Waals surface area (Å²) in [7, 11) is 0. The van der Waals surface area contributed by atoms with E-state index in [-0.39, 0.29) is 24.4 Å². The molecule has 0 spiro atoms. The number of carbonyl (C=O) groups excluding carboxylic acids is 1. The average Bonchev–Trinajstić information content (AvgIpc) is 2.63. The smallest absolute Gasteiger partial charge is 0.341 e. The zero-order valence-corrected chi connectivity index (χ0v) is 17.2. The Labute approximate surface area is 165 Å². The molecule has 0 radical (unpaired) electrons. The fourth-order valence-corrected chi connectivity index (χ4v) is 2.46. The normalized spacial score (nSPS) is 13.0. The Kier molecular flexibility index (Phi) is 7.23. The van der Waals surface area contributed by atoms with Crippen LogP contribution in [0.15, 0.2) is 41.2 Å². The van der Waals surface area contributed by atoms with Crippen LogP contribution in [-0.4, -0.2) is 40.5 Å². The predicted molar refractivity (Wildman–Crippen MR) is 110 cm³/mol. The van der Waals surface area contributed by atoms with Crippen LogP contribution in [0.2, 0.25) is 0 Å². The van der Waals surface area contributed by atoms with Crippen LogP contribution < -0.4 is 5.73 Å². The molecule has 2 N–H and O–H groups in total. The van der Waals surface area contributed by atoms with Gasteiger partial charge in [-0.1, -0.05) is 0 Å². The van der Waals surface area contributed by atoms with E-state index >= 15 is 0 Å². The molecule has 0 bridgehead atoms. The van der Waals surface area contributed by atoms with Gasteiger partial charge in [-0.2, -0.15) is 0 Å². The molecule has 0 aliphatic carbocycles. The van der Waals surface area contributed by atoms with Crippen molar-refractivity contribution in [1.29, 1.82) is 0 Å². The van der Waals surface area contributed by atoms with Crippen molar-refractivity contribution in [3.05, 3.63) is 47.4 Å². The number of aryl methyl sites for hydroxylation is 1. The van der Waals surface area contributed by atoms with Crippen molar-refractivity contribution in [3.8, 4) is 0 Å². The summed E-state index contributed by atoms with van der Waals surface area (Å²) in [5.74, 6) is -0.515. The van der Waals surface area contributed by atoms with E-state index in [1.165, 1.54) is 6.20 Å². The molecule has 0 unspecified atom stereocenters. The first-order valence-electron chi connectivity index (χ1n) is 9.23. The summed E-state index contributed by atoms with van der Waals surface area (Å²) in [4.78, 5) is 25.7. The molecule has 0 aliphatic rings. The highest BCUT2D eigenvalue weighted by molar-refractivity contribution is 6.20. The van der Waals surface area contributed by atoms with E-state index in [1.54, 1.807) is 13.1 Å². The van der Waals surface area contributed by atoms with Crippen molar-refractivity contribution in [2.75, 3.05) is 13.2 Å². The molecule has 0 aliphatic heterocycles. The van der Waals surface area contributed by atoms with Gasteiger partial charge in [0.25, 0.3) is 0 Å². The van der Waals surface area contributed by atoms with Gasteiger partial charge in [-0.05, 0) is 58.4 Å². The minimum atomic E-state index is -0.515. The molecular formula is C21H28N4O3. The van der Waals surface area contributed by atoms with Gasteiger partial charge in [-0.15, -0.1) is 0 Å². The molecule has 2 aromatic heterocycles. The molecule has 2 rings (SSSR count). The molecule has 0 saturated heterocycles. The number of hydrogen-bond donors (Lipinski definition) is 1. The molecule has 150 valence electrons. The minimum absolute atomic E-state index is 0.146. The molecule has 7 nitrogen and oxygen atoms in total. The predicted octanol–water partition coefficient (Wildman–Crippen LogP) is 3.10. The van der Waals surface area contributed by atoms with Gasteiger partial charge in [0.1, 0.15) is 0 Å². The van der Waals surface area contributed by atoms with Crippen LogP contribution in [0, 0.1) is 6.92 Å².